The van der Waals surface area contributed by atoms with Crippen molar-refractivity contribution in [2.24, 2.45) is 10.2 Å². The smallest absolute Gasteiger partial charge is 0.104 e. The van der Waals surface area contributed by atoms with Crippen LogP contribution >= 0.6 is 0 Å². The molecule has 32 heavy (non-hydrogen) atoms. The van der Waals surface area contributed by atoms with E-state index in [-0.39, 0.29) is 0 Å². The molecule has 0 aliphatic heterocycles. The van der Waals surface area contributed by atoms with E-state index in [0.717, 1.165) is 47.2 Å². The number of aryl methyl sites for hydroxylation is 1. The predicted octanol–water partition coefficient (Wildman–Crippen LogP) is 7.36. The Morgan fingerprint density at radius 3 is 2.22 bits per heavy atom. The fourth-order valence-corrected chi connectivity index (χ4v) is 3.45. The molecule has 3 heteroatoms. The van der Waals surface area contributed by atoms with Crippen LogP contribution in [-0.2, 0) is 12.8 Å². The number of hydrogen-bond acceptors (Lipinski definition) is 2. The third-order valence-electron chi connectivity index (χ3n) is 5.39. The lowest BCUT2D eigenvalue weighted by Crippen LogP contribution is -2.05. The maximum Gasteiger partial charge on any atom is 0.104 e. The number of unbranched alkanes of at least 4 members (excludes halogenated alkanes) is 1. The van der Waals surface area contributed by atoms with Gasteiger partial charge in [-0.2, -0.15) is 5.10 Å². The van der Waals surface area contributed by atoms with E-state index in [1.54, 1.807) is 6.21 Å². The first kappa shape index (κ1) is 23.3. The average Bonchev–Trinajstić information content (AvgIpc) is 2.84. The minimum Gasteiger partial charge on any atom is -0.247 e. The summed E-state index contributed by atoms with van der Waals surface area (Å²) in [4.78, 5) is 0. The van der Waals surface area contributed by atoms with Crippen molar-refractivity contribution in [3.8, 4) is 0 Å². The Balaban J connectivity index is 1.78. The van der Waals surface area contributed by atoms with Crippen LogP contribution in [0.4, 0.5) is 4.39 Å². The van der Waals surface area contributed by atoms with Gasteiger partial charge in [-0.15, -0.1) is 11.7 Å². The van der Waals surface area contributed by atoms with E-state index in [0.29, 0.717) is 12.8 Å². The van der Waals surface area contributed by atoms with Crippen molar-refractivity contribution in [2.75, 3.05) is 0 Å². The van der Waals surface area contributed by atoms with Crippen molar-refractivity contribution in [3.63, 3.8) is 0 Å². The summed E-state index contributed by atoms with van der Waals surface area (Å²) in [5, 5.41) is 8.92. The number of benzene rings is 3. The van der Waals surface area contributed by atoms with Crippen molar-refractivity contribution in [1.82, 2.24) is 0 Å². The molecule has 3 rings (SSSR count). The predicted molar refractivity (Wildman–Crippen MR) is 135 cm³/mol. The summed E-state index contributed by atoms with van der Waals surface area (Å²) < 4.78 is 13.7. The summed E-state index contributed by atoms with van der Waals surface area (Å²) in [7, 11) is 0. The fourth-order valence-electron chi connectivity index (χ4n) is 3.45. The topological polar surface area (TPSA) is 24.7 Å². The highest BCUT2D eigenvalue weighted by Crippen LogP contribution is 2.15. The highest BCUT2D eigenvalue weighted by molar-refractivity contribution is 6.13. The van der Waals surface area contributed by atoms with Crippen LogP contribution in [0.2, 0.25) is 0 Å². The molecule has 2 nitrogen and oxygen atoms in total. The molecular formula is C29H31FN2. The number of alkyl halides is 1. The normalized spacial score (nSPS) is 12.8. The second-order valence-corrected chi connectivity index (χ2v) is 7.89. The number of allylic oxidation sites excluding steroid dienone is 1. The Labute approximate surface area is 191 Å². The molecule has 0 N–H and O–H groups in total. The van der Waals surface area contributed by atoms with Crippen LogP contribution in [-0.4, -0.2) is 18.1 Å². The molecule has 0 aliphatic carbocycles. The zero-order valence-electron chi connectivity index (χ0n) is 18.8. The van der Waals surface area contributed by atoms with Crippen molar-refractivity contribution in [3.05, 3.63) is 119 Å². The minimum atomic E-state index is -0.805. The lowest BCUT2D eigenvalue weighted by molar-refractivity contribution is 0.323. The Bertz CT molecular complexity index is 1020. The molecule has 0 fully saturated rings. The molecule has 0 heterocycles. The first-order valence-electron chi connectivity index (χ1n) is 11.3. The Morgan fingerprint density at radius 1 is 0.906 bits per heavy atom. The van der Waals surface area contributed by atoms with E-state index < -0.39 is 6.17 Å². The molecule has 0 amide bonds. The summed E-state index contributed by atoms with van der Waals surface area (Å²) >= 11 is 0. The van der Waals surface area contributed by atoms with Gasteiger partial charge >= 0.3 is 0 Å². The maximum absolute atomic E-state index is 13.7. The molecule has 0 radical (unpaired) electrons. The van der Waals surface area contributed by atoms with E-state index in [9.17, 15) is 4.39 Å². The molecule has 0 aliphatic rings. The van der Waals surface area contributed by atoms with Gasteiger partial charge in [-0.3, -0.25) is 0 Å². The molecular weight excluding hydrogens is 395 g/mol. The summed E-state index contributed by atoms with van der Waals surface area (Å²) in [5.41, 5.74) is 6.07. The van der Waals surface area contributed by atoms with E-state index in [1.807, 2.05) is 67.6 Å². The second-order valence-electron chi connectivity index (χ2n) is 7.89. The van der Waals surface area contributed by atoms with E-state index in [1.165, 1.54) is 5.56 Å². The molecule has 1 atom stereocenters. The zero-order valence-corrected chi connectivity index (χ0v) is 18.8. The zero-order chi connectivity index (χ0) is 22.6. The summed E-state index contributed by atoms with van der Waals surface area (Å²) in [6, 6.07) is 26.4. The second kappa shape index (κ2) is 12.5. The SMILES string of the molecule is C=CCCCc1ccc(C=NN=C(c2ccccc2)c2ccc(CC(F)CC)cc2)cc1. The summed E-state index contributed by atoms with van der Waals surface area (Å²) in [6.07, 6.45) is 7.11. The van der Waals surface area contributed by atoms with Crippen LogP contribution in [0.15, 0.2) is 102 Å². The molecule has 0 saturated heterocycles. The van der Waals surface area contributed by atoms with Crippen molar-refractivity contribution >= 4 is 11.9 Å². The van der Waals surface area contributed by atoms with Gasteiger partial charge in [0.15, 0.2) is 0 Å². The average molecular weight is 427 g/mol. The van der Waals surface area contributed by atoms with Crippen molar-refractivity contribution < 1.29 is 4.39 Å². The molecule has 1 unspecified atom stereocenters. The molecule has 0 bridgehead atoms. The van der Waals surface area contributed by atoms with Crippen molar-refractivity contribution in [2.45, 2.75) is 45.2 Å². The molecule has 3 aromatic carbocycles. The first-order valence-corrected chi connectivity index (χ1v) is 11.3. The number of halogens is 1. The van der Waals surface area contributed by atoms with E-state index >= 15 is 0 Å². The lowest BCUT2D eigenvalue weighted by Gasteiger charge is -2.08. The van der Waals surface area contributed by atoms with E-state index in [2.05, 4.69) is 41.0 Å². The minimum absolute atomic E-state index is 0.441. The summed E-state index contributed by atoms with van der Waals surface area (Å²) in [6.45, 7) is 5.64. The Hall–Kier alpha value is -3.33. The first-order chi connectivity index (χ1) is 15.7. The highest BCUT2D eigenvalue weighted by atomic mass is 19.1. The van der Waals surface area contributed by atoms with Gasteiger partial charge in [-0.05, 0) is 42.4 Å². The van der Waals surface area contributed by atoms with E-state index in [4.69, 9.17) is 0 Å². The van der Waals surface area contributed by atoms with Gasteiger partial charge in [-0.25, -0.2) is 4.39 Å². The number of nitrogens with zero attached hydrogens (tertiary/aromatic N) is 2. The largest absolute Gasteiger partial charge is 0.247 e. The monoisotopic (exact) mass is 426 g/mol. The third-order valence-corrected chi connectivity index (χ3v) is 5.39. The molecule has 3 aromatic rings. The van der Waals surface area contributed by atoms with Gasteiger partial charge in [0.25, 0.3) is 0 Å². The Morgan fingerprint density at radius 2 is 1.56 bits per heavy atom. The maximum atomic E-state index is 13.7. The van der Waals surface area contributed by atoms with Gasteiger partial charge < -0.3 is 0 Å². The van der Waals surface area contributed by atoms with Gasteiger partial charge in [0, 0.05) is 17.5 Å². The highest BCUT2D eigenvalue weighted by Gasteiger charge is 2.09. The number of rotatable bonds is 11. The molecule has 0 saturated carbocycles. The van der Waals surface area contributed by atoms with Gasteiger partial charge in [0.1, 0.15) is 11.9 Å². The molecule has 164 valence electrons. The quantitative estimate of drug-likeness (QED) is 0.132. The standard InChI is InChI=1S/C29H31FN2/c1-3-5-7-10-23-13-15-25(16-14-23)22-31-32-29(26-11-8-6-9-12-26)27-19-17-24(18-20-27)21-28(30)4-2/h3,6,8-9,11-20,22,28H,1,4-5,7,10,21H2,2H3. The van der Waals surface area contributed by atoms with Gasteiger partial charge in [0.05, 0.1) is 6.21 Å². The third kappa shape index (κ3) is 7.12. The van der Waals surface area contributed by atoms with Crippen LogP contribution in [0, 0.1) is 0 Å². The van der Waals surface area contributed by atoms with Gasteiger partial charge in [0.2, 0.25) is 0 Å². The molecule has 0 aromatic heterocycles. The van der Waals surface area contributed by atoms with Crippen LogP contribution in [0.5, 0.6) is 0 Å². The van der Waals surface area contributed by atoms with Crippen LogP contribution in [0.1, 0.15) is 54.0 Å². The van der Waals surface area contributed by atoms with Crippen molar-refractivity contribution in [1.29, 1.82) is 0 Å². The van der Waals surface area contributed by atoms with Crippen LogP contribution in [0.3, 0.4) is 0 Å². The van der Waals surface area contributed by atoms with Crippen LogP contribution in [0.25, 0.3) is 0 Å². The Kier molecular flexibility index (Phi) is 9.12. The van der Waals surface area contributed by atoms with Crippen LogP contribution < -0.4 is 0 Å². The number of hydrogen-bond donors (Lipinski definition) is 0. The fraction of sp³-hybridized carbons (Fsp3) is 0.241. The molecule has 0 spiro atoms. The van der Waals surface area contributed by atoms with Gasteiger partial charge in [-0.1, -0.05) is 91.9 Å². The summed E-state index contributed by atoms with van der Waals surface area (Å²) in [5.74, 6) is 0. The lowest BCUT2D eigenvalue weighted by atomic mass is 9.99.